The van der Waals surface area contributed by atoms with Crippen LogP contribution in [0.4, 0.5) is 5.69 Å². The van der Waals surface area contributed by atoms with Crippen molar-refractivity contribution in [2.24, 2.45) is 5.18 Å². The topological polar surface area (TPSA) is 100 Å². The molecule has 0 saturated carbocycles. The molecule has 1 aliphatic rings. The number of amides is 1. The number of carbonyl (C=O) groups is 1. The van der Waals surface area contributed by atoms with Gasteiger partial charge in [-0.1, -0.05) is 50.6 Å². The molecule has 1 heterocycles. The van der Waals surface area contributed by atoms with Gasteiger partial charge in [-0.15, -0.1) is 4.91 Å². The van der Waals surface area contributed by atoms with Crippen molar-refractivity contribution in [3.63, 3.8) is 0 Å². The van der Waals surface area contributed by atoms with E-state index in [0.717, 1.165) is 49.5 Å². The number of aromatic hydroxyl groups is 1. The van der Waals surface area contributed by atoms with Gasteiger partial charge in [-0.25, -0.2) is 0 Å². The monoisotopic (exact) mass is 535 g/mol. The first-order valence-electron chi connectivity index (χ1n) is 13.6. The van der Waals surface area contributed by atoms with Gasteiger partial charge < -0.3 is 19.9 Å². The standard InChI is InChI=1S/C31H41N3O5/c1-7-21(5)28(31(36)32-8-2)29(23-11-9-22(10-12-23)19-34-13-15-39-16-14-34)30(38-6)25-17-24(20(3)4)27(35)18-26(25)33-37/h9-12,17-18,20,35H,7-8,13-16,19H2,1-6H3,(H,32,36)/b28-21-,30-29-. The van der Waals surface area contributed by atoms with Crippen LogP contribution in [0.2, 0.25) is 0 Å². The summed E-state index contributed by atoms with van der Waals surface area (Å²) >= 11 is 0. The summed E-state index contributed by atoms with van der Waals surface area (Å²) in [6.07, 6.45) is 0.647. The minimum atomic E-state index is -0.220. The van der Waals surface area contributed by atoms with E-state index in [2.05, 4.69) is 27.5 Å². The molecule has 0 aromatic heterocycles. The second kappa shape index (κ2) is 14.1. The Kier molecular flexibility index (Phi) is 10.8. The number of benzene rings is 2. The van der Waals surface area contributed by atoms with Crippen LogP contribution < -0.4 is 5.32 Å². The largest absolute Gasteiger partial charge is 0.508 e. The van der Waals surface area contributed by atoms with Crippen LogP contribution in [0.25, 0.3) is 11.3 Å². The van der Waals surface area contributed by atoms with Gasteiger partial charge in [0.15, 0.2) is 0 Å². The third kappa shape index (κ3) is 7.13. The number of phenolic OH excluding ortho intramolecular Hbond substituents is 1. The van der Waals surface area contributed by atoms with Crippen LogP contribution in [0.1, 0.15) is 69.2 Å². The number of likely N-dealkylation sites (N-methyl/N-ethyl adjacent to an activating group) is 1. The van der Waals surface area contributed by atoms with Gasteiger partial charge in [0.25, 0.3) is 5.91 Å². The van der Waals surface area contributed by atoms with Crippen LogP contribution in [0, 0.1) is 4.91 Å². The van der Waals surface area contributed by atoms with Crippen molar-refractivity contribution in [3.8, 4) is 5.75 Å². The van der Waals surface area contributed by atoms with Crippen molar-refractivity contribution in [1.82, 2.24) is 10.2 Å². The number of nitrogens with zero attached hydrogens (tertiary/aromatic N) is 2. The number of nitrogens with one attached hydrogen (secondary N) is 1. The minimum Gasteiger partial charge on any atom is -0.508 e. The minimum absolute atomic E-state index is 0.00273. The molecule has 0 unspecified atom stereocenters. The maximum Gasteiger partial charge on any atom is 0.251 e. The number of morpholine rings is 1. The van der Waals surface area contributed by atoms with Crippen molar-refractivity contribution in [1.29, 1.82) is 0 Å². The van der Waals surface area contributed by atoms with Crippen molar-refractivity contribution < 1.29 is 19.4 Å². The Bertz CT molecular complexity index is 1230. The van der Waals surface area contributed by atoms with Crippen molar-refractivity contribution in [2.75, 3.05) is 40.0 Å². The predicted molar refractivity (Wildman–Crippen MR) is 156 cm³/mol. The molecule has 2 aromatic carbocycles. The number of rotatable bonds is 11. The van der Waals surface area contributed by atoms with Crippen LogP contribution in [-0.2, 0) is 20.8 Å². The number of carbonyl (C=O) groups excluding carboxylic acids is 1. The normalized spacial score (nSPS) is 15.5. The molecule has 1 fully saturated rings. The molecular weight excluding hydrogens is 494 g/mol. The highest BCUT2D eigenvalue weighted by Crippen LogP contribution is 2.42. The molecule has 1 amide bonds. The Morgan fingerprint density at radius 1 is 1.15 bits per heavy atom. The fourth-order valence-electron chi connectivity index (χ4n) is 4.79. The van der Waals surface area contributed by atoms with E-state index in [9.17, 15) is 14.8 Å². The van der Waals surface area contributed by atoms with E-state index in [1.54, 1.807) is 6.07 Å². The van der Waals surface area contributed by atoms with Gasteiger partial charge in [-0.05, 0) is 54.1 Å². The third-order valence-corrected chi connectivity index (χ3v) is 7.07. The number of phenols is 1. The molecule has 0 bridgehead atoms. The van der Waals surface area contributed by atoms with E-state index in [4.69, 9.17) is 9.47 Å². The number of allylic oxidation sites excluding steroid dienone is 1. The molecule has 0 spiro atoms. The lowest BCUT2D eigenvalue weighted by Gasteiger charge is -2.26. The summed E-state index contributed by atoms with van der Waals surface area (Å²) in [5, 5.41) is 16.7. The van der Waals surface area contributed by atoms with E-state index in [0.29, 0.717) is 41.0 Å². The van der Waals surface area contributed by atoms with Crippen LogP contribution in [0.3, 0.4) is 0 Å². The number of hydrogen-bond donors (Lipinski definition) is 2. The molecule has 3 rings (SSSR count). The Labute approximate surface area is 231 Å². The molecule has 2 aromatic rings. The third-order valence-electron chi connectivity index (χ3n) is 7.07. The summed E-state index contributed by atoms with van der Waals surface area (Å²) in [4.78, 5) is 27.8. The number of hydrogen-bond acceptors (Lipinski definition) is 7. The van der Waals surface area contributed by atoms with Crippen LogP contribution in [0.5, 0.6) is 5.75 Å². The summed E-state index contributed by atoms with van der Waals surface area (Å²) in [5.74, 6) is 0.113. The van der Waals surface area contributed by atoms with Crippen LogP contribution in [-0.4, -0.2) is 55.9 Å². The van der Waals surface area contributed by atoms with Crippen LogP contribution >= 0.6 is 0 Å². The van der Waals surface area contributed by atoms with Crippen molar-refractivity contribution in [2.45, 2.75) is 53.5 Å². The molecule has 8 heteroatoms. The quantitative estimate of drug-likeness (QED) is 0.118. The van der Waals surface area contributed by atoms with Gasteiger partial charge in [0.05, 0.1) is 20.3 Å². The van der Waals surface area contributed by atoms with E-state index in [1.165, 1.54) is 13.2 Å². The van der Waals surface area contributed by atoms with Gasteiger partial charge in [0.2, 0.25) is 0 Å². The average molecular weight is 536 g/mol. The molecule has 39 heavy (non-hydrogen) atoms. The number of ether oxygens (including phenoxy) is 2. The van der Waals surface area contributed by atoms with Crippen LogP contribution in [0.15, 0.2) is 52.7 Å². The summed E-state index contributed by atoms with van der Waals surface area (Å²) < 4.78 is 11.5. The predicted octanol–water partition coefficient (Wildman–Crippen LogP) is 6.12. The Morgan fingerprint density at radius 3 is 2.36 bits per heavy atom. The first-order chi connectivity index (χ1) is 18.7. The summed E-state index contributed by atoms with van der Waals surface area (Å²) in [5.41, 5.74) is 5.00. The lowest BCUT2D eigenvalue weighted by atomic mass is 9.88. The Morgan fingerprint density at radius 2 is 1.82 bits per heavy atom. The first-order valence-corrected chi connectivity index (χ1v) is 13.6. The molecule has 210 valence electrons. The Hall–Kier alpha value is -3.49. The Balaban J connectivity index is 2.29. The van der Waals surface area contributed by atoms with Gasteiger partial charge in [0.1, 0.15) is 17.2 Å². The van der Waals surface area contributed by atoms with Gasteiger partial charge in [-0.3, -0.25) is 9.69 Å². The van der Waals surface area contributed by atoms with E-state index in [-0.39, 0.29) is 23.3 Å². The number of methoxy groups -OCH3 is 1. The zero-order valence-corrected chi connectivity index (χ0v) is 24.0. The maximum atomic E-state index is 13.5. The van der Waals surface area contributed by atoms with E-state index >= 15 is 0 Å². The smallest absolute Gasteiger partial charge is 0.251 e. The molecule has 8 nitrogen and oxygen atoms in total. The molecule has 1 aliphatic heterocycles. The lowest BCUT2D eigenvalue weighted by molar-refractivity contribution is -0.117. The zero-order chi connectivity index (χ0) is 28.5. The summed E-state index contributed by atoms with van der Waals surface area (Å²) in [6.45, 7) is 14.2. The highest BCUT2D eigenvalue weighted by Gasteiger charge is 2.27. The second-order valence-electron chi connectivity index (χ2n) is 10.0. The average Bonchev–Trinajstić information content (AvgIpc) is 2.94. The molecule has 0 radical (unpaired) electrons. The van der Waals surface area contributed by atoms with Gasteiger partial charge in [0, 0.05) is 49.0 Å². The molecular formula is C31H41N3O5. The highest BCUT2D eigenvalue weighted by atomic mass is 16.5. The molecule has 2 N–H and O–H groups in total. The van der Waals surface area contributed by atoms with Gasteiger partial charge >= 0.3 is 0 Å². The lowest BCUT2D eigenvalue weighted by Crippen LogP contribution is -2.35. The summed E-state index contributed by atoms with van der Waals surface area (Å²) in [7, 11) is 1.52. The molecule has 1 saturated heterocycles. The maximum absolute atomic E-state index is 13.5. The fourth-order valence-corrected chi connectivity index (χ4v) is 4.79. The van der Waals surface area contributed by atoms with E-state index in [1.807, 2.05) is 46.8 Å². The second-order valence-corrected chi connectivity index (χ2v) is 10.0. The van der Waals surface area contributed by atoms with Crippen molar-refractivity contribution >= 4 is 22.9 Å². The molecule has 0 atom stereocenters. The van der Waals surface area contributed by atoms with E-state index < -0.39 is 0 Å². The van der Waals surface area contributed by atoms with Gasteiger partial charge in [-0.2, -0.15) is 0 Å². The van der Waals surface area contributed by atoms with Crippen molar-refractivity contribution in [3.05, 3.63) is 74.7 Å². The SMILES string of the molecule is CCNC(=O)C(=C(/C)CC)/C(=C(\OC)c1cc(C(C)C)c(O)cc1N=O)c1ccc(CN2CCOCC2)cc1. The first kappa shape index (κ1) is 30.1. The summed E-state index contributed by atoms with van der Waals surface area (Å²) in [6, 6.07) is 11.2. The zero-order valence-electron chi connectivity index (χ0n) is 24.0. The highest BCUT2D eigenvalue weighted by molar-refractivity contribution is 6.15. The molecule has 0 aliphatic carbocycles. The fraction of sp³-hybridized carbons (Fsp3) is 0.452. The number of nitroso groups, excluding NO2 is 1.